The number of carbonyl (C=O) groups excluding carboxylic acids is 2. The maximum Gasteiger partial charge on any atom is 0.223 e. The predicted molar refractivity (Wildman–Crippen MR) is 90.5 cm³/mol. The fourth-order valence-corrected chi connectivity index (χ4v) is 2.81. The standard InChI is InChI=1S/C18H26N2O3/c1-13-6-4-8-17(14(13)2)20(15(3)21)10-9-18(22)19-12-16-7-5-11-23-16/h4,6,8,16H,5,7,9-12H2,1-3H3,(H,19,22). The Morgan fingerprint density at radius 1 is 1.35 bits per heavy atom. The fraction of sp³-hybridized carbons (Fsp3) is 0.556. The van der Waals surface area contributed by atoms with Gasteiger partial charge in [-0.2, -0.15) is 0 Å². The van der Waals surface area contributed by atoms with Gasteiger partial charge in [0.1, 0.15) is 0 Å². The highest BCUT2D eigenvalue weighted by molar-refractivity contribution is 5.93. The number of hydrogen-bond donors (Lipinski definition) is 1. The van der Waals surface area contributed by atoms with Gasteiger partial charge in [-0.1, -0.05) is 12.1 Å². The lowest BCUT2D eigenvalue weighted by Gasteiger charge is -2.24. The van der Waals surface area contributed by atoms with Crippen molar-refractivity contribution in [1.29, 1.82) is 0 Å². The van der Waals surface area contributed by atoms with Crippen LogP contribution in [0.1, 0.15) is 37.3 Å². The second-order valence-electron chi connectivity index (χ2n) is 6.08. The fourth-order valence-electron chi connectivity index (χ4n) is 2.81. The minimum Gasteiger partial charge on any atom is -0.376 e. The van der Waals surface area contributed by atoms with E-state index < -0.39 is 0 Å². The molecule has 5 nitrogen and oxygen atoms in total. The number of aryl methyl sites for hydroxylation is 1. The number of amides is 2. The summed E-state index contributed by atoms with van der Waals surface area (Å²) in [6.07, 6.45) is 2.50. The molecule has 1 fully saturated rings. The molecule has 0 spiro atoms. The molecule has 1 aliphatic rings. The zero-order valence-corrected chi connectivity index (χ0v) is 14.2. The minimum absolute atomic E-state index is 0.0444. The van der Waals surface area contributed by atoms with E-state index in [2.05, 4.69) is 5.32 Å². The van der Waals surface area contributed by atoms with E-state index in [0.717, 1.165) is 36.3 Å². The van der Waals surface area contributed by atoms with Gasteiger partial charge in [0, 0.05) is 38.7 Å². The van der Waals surface area contributed by atoms with Gasteiger partial charge in [-0.25, -0.2) is 0 Å². The smallest absolute Gasteiger partial charge is 0.223 e. The van der Waals surface area contributed by atoms with Crippen LogP contribution in [0.3, 0.4) is 0 Å². The SMILES string of the molecule is CC(=O)N(CCC(=O)NCC1CCCO1)c1cccc(C)c1C. The number of benzene rings is 1. The first-order valence-corrected chi connectivity index (χ1v) is 8.21. The van der Waals surface area contributed by atoms with Gasteiger partial charge >= 0.3 is 0 Å². The van der Waals surface area contributed by atoms with Crippen LogP contribution in [0.5, 0.6) is 0 Å². The highest BCUT2D eigenvalue weighted by atomic mass is 16.5. The van der Waals surface area contributed by atoms with Gasteiger partial charge in [-0.05, 0) is 43.9 Å². The molecule has 0 saturated carbocycles. The van der Waals surface area contributed by atoms with Gasteiger partial charge in [-0.15, -0.1) is 0 Å². The molecular weight excluding hydrogens is 292 g/mol. The second kappa shape index (κ2) is 8.11. The third-order valence-corrected chi connectivity index (χ3v) is 4.36. The maximum atomic E-state index is 12.0. The van der Waals surface area contributed by atoms with Crippen molar-refractivity contribution in [1.82, 2.24) is 5.32 Å². The van der Waals surface area contributed by atoms with Gasteiger partial charge < -0.3 is 15.0 Å². The second-order valence-corrected chi connectivity index (χ2v) is 6.08. The van der Waals surface area contributed by atoms with Crippen molar-refractivity contribution >= 4 is 17.5 Å². The first-order valence-electron chi connectivity index (χ1n) is 8.21. The van der Waals surface area contributed by atoms with Crippen LogP contribution in [0.4, 0.5) is 5.69 Å². The molecule has 1 aromatic carbocycles. The topological polar surface area (TPSA) is 58.6 Å². The normalized spacial score (nSPS) is 17.1. The summed E-state index contributed by atoms with van der Waals surface area (Å²) in [5, 5.41) is 2.89. The molecule has 2 rings (SSSR count). The quantitative estimate of drug-likeness (QED) is 0.876. The Bertz CT molecular complexity index is 565. The molecule has 1 aliphatic heterocycles. The molecule has 0 aromatic heterocycles. The maximum absolute atomic E-state index is 12.0. The average Bonchev–Trinajstić information content (AvgIpc) is 3.02. The number of ether oxygens (including phenoxy) is 1. The van der Waals surface area contributed by atoms with Crippen molar-refractivity contribution in [3.05, 3.63) is 29.3 Å². The molecule has 23 heavy (non-hydrogen) atoms. The molecule has 1 heterocycles. The highest BCUT2D eigenvalue weighted by Crippen LogP contribution is 2.23. The van der Waals surface area contributed by atoms with Crippen molar-refractivity contribution in [2.24, 2.45) is 0 Å². The number of carbonyl (C=O) groups is 2. The Morgan fingerprint density at radius 2 is 2.13 bits per heavy atom. The van der Waals surface area contributed by atoms with Crippen LogP contribution in [0, 0.1) is 13.8 Å². The van der Waals surface area contributed by atoms with E-state index in [1.807, 2.05) is 32.0 Å². The summed E-state index contributed by atoms with van der Waals surface area (Å²) in [5.41, 5.74) is 3.09. The highest BCUT2D eigenvalue weighted by Gasteiger charge is 2.18. The third kappa shape index (κ3) is 4.79. The van der Waals surface area contributed by atoms with Crippen LogP contribution < -0.4 is 10.2 Å². The Hall–Kier alpha value is -1.88. The van der Waals surface area contributed by atoms with Crippen LogP contribution in [-0.4, -0.2) is 37.6 Å². The third-order valence-electron chi connectivity index (χ3n) is 4.36. The lowest BCUT2D eigenvalue weighted by molar-refractivity contribution is -0.121. The first kappa shape index (κ1) is 17.5. The largest absolute Gasteiger partial charge is 0.376 e. The molecule has 2 amide bonds. The molecule has 1 unspecified atom stereocenters. The average molecular weight is 318 g/mol. The molecular formula is C18H26N2O3. The van der Waals surface area contributed by atoms with E-state index in [-0.39, 0.29) is 17.9 Å². The Morgan fingerprint density at radius 3 is 2.78 bits per heavy atom. The van der Waals surface area contributed by atoms with E-state index >= 15 is 0 Å². The molecule has 0 bridgehead atoms. The number of rotatable bonds is 6. The van der Waals surface area contributed by atoms with Gasteiger partial charge in [0.2, 0.25) is 11.8 Å². The summed E-state index contributed by atoms with van der Waals surface area (Å²) < 4.78 is 5.49. The molecule has 5 heteroatoms. The lowest BCUT2D eigenvalue weighted by Crippen LogP contribution is -2.36. The molecule has 1 aromatic rings. The molecule has 0 radical (unpaired) electrons. The molecule has 0 aliphatic carbocycles. The predicted octanol–water partition coefficient (Wildman–Crippen LogP) is 2.34. The number of nitrogens with one attached hydrogen (secondary N) is 1. The van der Waals surface area contributed by atoms with Gasteiger partial charge in [0.05, 0.1) is 6.10 Å². The van der Waals surface area contributed by atoms with Crippen LogP contribution in [0.2, 0.25) is 0 Å². The first-order chi connectivity index (χ1) is 11.0. The van der Waals surface area contributed by atoms with Gasteiger partial charge in [0.15, 0.2) is 0 Å². The monoisotopic (exact) mass is 318 g/mol. The van der Waals surface area contributed by atoms with E-state index in [1.165, 1.54) is 6.92 Å². The van der Waals surface area contributed by atoms with E-state index in [4.69, 9.17) is 4.74 Å². The zero-order chi connectivity index (χ0) is 16.8. The summed E-state index contributed by atoms with van der Waals surface area (Å²) >= 11 is 0. The molecule has 1 N–H and O–H groups in total. The molecule has 1 saturated heterocycles. The minimum atomic E-state index is -0.0503. The van der Waals surface area contributed by atoms with Gasteiger partial charge in [0.25, 0.3) is 0 Å². The van der Waals surface area contributed by atoms with E-state index in [9.17, 15) is 9.59 Å². The Balaban J connectivity index is 1.90. The van der Waals surface area contributed by atoms with Crippen molar-refractivity contribution in [3.8, 4) is 0 Å². The van der Waals surface area contributed by atoms with Crippen molar-refractivity contribution in [2.45, 2.75) is 46.1 Å². The summed E-state index contributed by atoms with van der Waals surface area (Å²) in [7, 11) is 0. The van der Waals surface area contributed by atoms with Gasteiger partial charge in [-0.3, -0.25) is 9.59 Å². The van der Waals surface area contributed by atoms with Crippen molar-refractivity contribution in [2.75, 3.05) is 24.6 Å². The van der Waals surface area contributed by atoms with E-state index in [0.29, 0.717) is 19.5 Å². The van der Waals surface area contributed by atoms with Crippen LogP contribution >= 0.6 is 0 Å². The van der Waals surface area contributed by atoms with Crippen molar-refractivity contribution in [3.63, 3.8) is 0 Å². The Labute approximate surface area is 138 Å². The summed E-state index contributed by atoms with van der Waals surface area (Å²) in [6.45, 7) is 7.28. The number of nitrogens with zero attached hydrogens (tertiary/aromatic N) is 1. The van der Waals surface area contributed by atoms with Crippen LogP contribution in [0.25, 0.3) is 0 Å². The molecule has 1 atom stereocenters. The number of anilines is 1. The summed E-state index contributed by atoms with van der Waals surface area (Å²) in [4.78, 5) is 25.6. The van der Waals surface area contributed by atoms with Crippen LogP contribution in [0.15, 0.2) is 18.2 Å². The number of hydrogen-bond acceptors (Lipinski definition) is 3. The van der Waals surface area contributed by atoms with E-state index in [1.54, 1.807) is 4.90 Å². The van der Waals surface area contributed by atoms with Crippen LogP contribution in [-0.2, 0) is 14.3 Å². The Kier molecular flexibility index (Phi) is 6.16. The summed E-state index contributed by atoms with van der Waals surface area (Å²) in [5.74, 6) is -0.0947. The lowest BCUT2D eigenvalue weighted by atomic mass is 10.1. The molecule has 126 valence electrons. The zero-order valence-electron chi connectivity index (χ0n) is 14.2. The summed E-state index contributed by atoms with van der Waals surface area (Å²) in [6, 6.07) is 5.88. The van der Waals surface area contributed by atoms with Crippen molar-refractivity contribution < 1.29 is 14.3 Å².